The van der Waals surface area contributed by atoms with Gasteiger partial charge in [0.05, 0.1) is 29.3 Å². The lowest BCUT2D eigenvalue weighted by molar-refractivity contribution is 0.00349. The maximum atomic E-state index is 10.7. The van der Waals surface area contributed by atoms with Gasteiger partial charge in [-0.15, -0.1) is 11.8 Å². The molecule has 0 unspecified atom stereocenters. The maximum absolute atomic E-state index is 10.7. The standard InChI is InChI=1S/C23H30O3S/c1-3-16-7-9-17(10-8-16)11-12-18-5-4-6-19(13-18)23-22(26)15(2)21(25)20(14-24)27-23/h4-10,13,15,20-26H,3,11-12,14H2,1-2H3/t15-,20+,21-,22+,23-/m0/s1. The van der Waals surface area contributed by atoms with E-state index < -0.39 is 12.2 Å². The van der Waals surface area contributed by atoms with E-state index in [1.165, 1.54) is 28.5 Å². The van der Waals surface area contributed by atoms with Crippen molar-refractivity contribution in [3.63, 3.8) is 0 Å². The minimum atomic E-state index is -0.680. The van der Waals surface area contributed by atoms with E-state index in [1.54, 1.807) is 0 Å². The lowest BCUT2D eigenvalue weighted by Crippen LogP contribution is -2.46. The average molecular weight is 387 g/mol. The monoisotopic (exact) mass is 386 g/mol. The molecule has 4 heteroatoms. The molecule has 2 aromatic rings. The van der Waals surface area contributed by atoms with E-state index in [2.05, 4.69) is 43.3 Å². The van der Waals surface area contributed by atoms with E-state index in [1.807, 2.05) is 19.1 Å². The van der Waals surface area contributed by atoms with E-state index in [-0.39, 0.29) is 23.0 Å². The summed E-state index contributed by atoms with van der Waals surface area (Å²) in [6.07, 6.45) is 1.70. The predicted molar refractivity (Wildman–Crippen MR) is 112 cm³/mol. The number of hydrogen-bond donors (Lipinski definition) is 3. The molecule has 1 aliphatic rings. The predicted octanol–water partition coefficient (Wildman–Crippen LogP) is 3.54. The minimum Gasteiger partial charge on any atom is -0.395 e. The third-order valence-electron chi connectivity index (χ3n) is 5.68. The Hall–Kier alpha value is -1.33. The molecule has 3 rings (SSSR count). The quantitative estimate of drug-likeness (QED) is 0.711. The van der Waals surface area contributed by atoms with Gasteiger partial charge in [0.1, 0.15) is 0 Å². The van der Waals surface area contributed by atoms with Crippen molar-refractivity contribution in [2.24, 2.45) is 5.92 Å². The van der Waals surface area contributed by atoms with Crippen LogP contribution in [0.2, 0.25) is 0 Å². The van der Waals surface area contributed by atoms with Gasteiger partial charge in [0.25, 0.3) is 0 Å². The summed E-state index contributed by atoms with van der Waals surface area (Å²) in [5, 5.41) is 30.1. The SMILES string of the molecule is CCc1ccc(CCc2cccc([C@@H]3S[C@H](CO)[C@@H](O)[C@H](C)[C@H]3O)c2)cc1. The van der Waals surface area contributed by atoms with Crippen molar-refractivity contribution in [3.05, 3.63) is 70.8 Å². The fourth-order valence-electron chi connectivity index (χ4n) is 3.75. The number of aliphatic hydroxyl groups excluding tert-OH is 3. The highest BCUT2D eigenvalue weighted by Crippen LogP contribution is 2.45. The van der Waals surface area contributed by atoms with E-state index in [4.69, 9.17) is 0 Å². The highest BCUT2D eigenvalue weighted by atomic mass is 32.2. The van der Waals surface area contributed by atoms with Gasteiger partial charge in [0.2, 0.25) is 0 Å². The van der Waals surface area contributed by atoms with Gasteiger partial charge in [-0.1, -0.05) is 62.4 Å². The van der Waals surface area contributed by atoms with E-state index >= 15 is 0 Å². The van der Waals surface area contributed by atoms with Crippen LogP contribution in [0.15, 0.2) is 48.5 Å². The van der Waals surface area contributed by atoms with E-state index in [9.17, 15) is 15.3 Å². The van der Waals surface area contributed by atoms with Gasteiger partial charge in [-0.2, -0.15) is 0 Å². The molecule has 1 fully saturated rings. The summed E-state index contributed by atoms with van der Waals surface area (Å²) < 4.78 is 0. The van der Waals surface area contributed by atoms with Crippen LogP contribution in [0.4, 0.5) is 0 Å². The number of thioether (sulfide) groups is 1. The molecular formula is C23H30O3S. The highest BCUT2D eigenvalue weighted by molar-refractivity contribution is 8.00. The van der Waals surface area contributed by atoms with Crippen LogP contribution in [0.25, 0.3) is 0 Å². The molecule has 0 amide bonds. The lowest BCUT2D eigenvalue weighted by atomic mass is 9.89. The number of aryl methyl sites for hydroxylation is 3. The normalized spacial score (nSPS) is 28.3. The van der Waals surface area contributed by atoms with Crippen LogP contribution >= 0.6 is 11.8 Å². The third kappa shape index (κ3) is 4.75. The van der Waals surface area contributed by atoms with Crippen LogP contribution < -0.4 is 0 Å². The number of hydrogen-bond acceptors (Lipinski definition) is 4. The van der Waals surface area contributed by atoms with Gasteiger partial charge < -0.3 is 15.3 Å². The summed E-state index contributed by atoms with van der Waals surface area (Å²) in [5.74, 6) is -0.255. The second-order valence-electron chi connectivity index (χ2n) is 7.53. The first-order valence-corrected chi connectivity index (χ1v) is 10.8. The molecule has 0 bridgehead atoms. The van der Waals surface area contributed by atoms with E-state index in [0.29, 0.717) is 0 Å². The summed E-state index contributed by atoms with van der Waals surface area (Å²) in [7, 11) is 0. The molecular weight excluding hydrogens is 356 g/mol. The van der Waals surface area contributed by atoms with Gasteiger partial charge in [0.15, 0.2) is 0 Å². The Balaban J connectivity index is 1.70. The first kappa shape index (κ1) is 20.4. The van der Waals surface area contributed by atoms with Gasteiger partial charge in [-0.3, -0.25) is 0 Å². The fraction of sp³-hybridized carbons (Fsp3) is 0.478. The molecule has 2 aromatic carbocycles. The zero-order valence-electron chi connectivity index (χ0n) is 16.1. The van der Waals surface area contributed by atoms with Crippen molar-refractivity contribution in [3.8, 4) is 0 Å². The van der Waals surface area contributed by atoms with Crippen molar-refractivity contribution < 1.29 is 15.3 Å². The Labute approximate surface area is 166 Å². The summed E-state index contributed by atoms with van der Waals surface area (Å²) >= 11 is 1.48. The summed E-state index contributed by atoms with van der Waals surface area (Å²) in [5.41, 5.74) is 5.02. The first-order chi connectivity index (χ1) is 13.0. The zero-order chi connectivity index (χ0) is 19.4. The van der Waals surface area contributed by atoms with Crippen molar-refractivity contribution in [1.29, 1.82) is 0 Å². The Morgan fingerprint density at radius 3 is 2.22 bits per heavy atom. The van der Waals surface area contributed by atoms with Crippen LogP contribution in [-0.2, 0) is 19.3 Å². The molecule has 1 saturated heterocycles. The molecule has 1 aliphatic heterocycles. The Bertz CT molecular complexity index is 729. The van der Waals surface area contributed by atoms with Gasteiger partial charge in [-0.25, -0.2) is 0 Å². The van der Waals surface area contributed by atoms with Crippen LogP contribution in [0, 0.1) is 5.92 Å². The first-order valence-electron chi connectivity index (χ1n) is 9.82. The second kappa shape index (κ2) is 9.24. The molecule has 0 radical (unpaired) electrons. The highest BCUT2D eigenvalue weighted by Gasteiger charge is 2.41. The van der Waals surface area contributed by atoms with Crippen LogP contribution in [-0.4, -0.2) is 39.4 Å². The molecule has 27 heavy (non-hydrogen) atoms. The van der Waals surface area contributed by atoms with E-state index in [0.717, 1.165) is 24.8 Å². The smallest absolute Gasteiger partial charge is 0.0750 e. The summed E-state index contributed by atoms with van der Waals surface area (Å²) in [4.78, 5) is 0. The molecule has 3 N–H and O–H groups in total. The van der Waals surface area contributed by atoms with Crippen LogP contribution in [0.5, 0.6) is 0 Å². The molecule has 0 spiro atoms. The molecule has 3 nitrogen and oxygen atoms in total. The average Bonchev–Trinajstić information content (AvgIpc) is 2.71. The fourth-order valence-corrected chi connectivity index (χ4v) is 5.33. The summed E-state index contributed by atoms with van der Waals surface area (Å²) in [6, 6.07) is 17.2. The molecule has 0 aliphatic carbocycles. The minimum absolute atomic E-state index is 0.0765. The largest absolute Gasteiger partial charge is 0.395 e. The van der Waals surface area contributed by atoms with Crippen molar-refractivity contribution in [2.75, 3.05) is 6.61 Å². The Morgan fingerprint density at radius 2 is 1.56 bits per heavy atom. The number of aliphatic hydroxyl groups is 3. The molecule has 1 heterocycles. The maximum Gasteiger partial charge on any atom is 0.0750 e. The Morgan fingerprint density at radius 1 is 0.889 bits per heavy atom. The zero-order valence-corrected chi connectivity index (χ0v) is 16.9. The van der Waals surface area contributed by atoms with Gasteiger partial charge in [0, 0.05) is 5.92 Å². The van der Waals surface area contributed by atoms with Crippen molar-refractivity contribution >= 4 is 11.8 Å². The van der Waals surface area contributed by atoms with Crippen LogP contribution in [0.3, 0.4) is 0 Å². The van der Waals surface area contributed by atoms with Crippen LogP contribution in [0.1, 0.15) is 41.4 Å². The number of rotatable bonds is 6. The molecule has 146 valence electrons. The Kier molecular flexibility index (Phi) is 6.99. The van der Waals surface area contributed by atoms with Gasteiger partial charge >= 0.3 is 0 Å². The topological polar surface area (TPSA) is 60.7 Å². The van der Waals surface area contributed by atoms with Gasteiger partial charge in [-0.05, 0) is 41.5 Å². The van der Waals surface area contributed by atoms with Crippen molar-refractivity contribution in [2.45, 2.75) is 55.8 Å². The number of benzene rings is 2. The van der Waals surface area contributed by atoms with Crippen molar-refractivity contribution in [1.82, 2.24) is 0 Å². The summed E-state index contributed by atoms with van der Waals surface area (Å²) in [6.45, 7) is 3.95. The molecule has 0 saturated carbocycles. The molecule has 0 aromatic heterocycles. The molecule has 5 atom stereocenters. The third-order valence-corrected chi connectivity index (χ3v) is 7.30. The second-order valence-corrected chi connectivity index (χ2v) is 8.92. The lowest BCUT2D eigenvalue weighted by Gasteiger charge is -2.40.